The van der Waals surface area contributed by atoms with E-state index in [9.17, 15) is 19.2 Å². The Morgan fingerprint density at radius 2 is 1.19 bits per heavy atom. The van der Waals surface area contributed by atoms with Crippen molar-refractivity contribution in [3.8, 4) is 0 Å². The molecular weight excluding hydrogens is 587 g/mol. The lowest BCUT2D eigenvalue weighted by Gasteiger charge is -2.11. The van der Waals surface area contributed by atoms with E-state index in [-0.39, 0.29) is 56.0 Å². The molecule has 0 radical (unpaired) electrons. The summed E-state index contributed by atoms with van der Waals surface area (Å²) in [5, 5.41) is 8.19. The third-order valence-electron chi connectivity index (χ3n) is 4.69. The first-order valence-corrected chi connectivity index (χ1v) is 13.5. The molecule has 0 unspecified atom stereocenters. The summed E-state index contributed by atoms with van der Waals surface area (Å²) in [6.07, 6.45) is 3.70. The van der Waals surface area contributed by atoms with Crippen molar-refractivity contribution in [3.05, 3.63) is 0 Å². The Hall–Kier alpha value is -1.39. The molecule has 0 aromatic carbocycles. The lowest BCUT2D eigenvalue weighted by Crippen LogP contribution is -2.32. The number of hydrogen-bond acceptors (Lipinski definition) is 9. The van der Waals surface area contributed by atoms with Crippen LogP contribution in [0.1, 0.15) is 46.0 Å². The zero-order valence-corrected chi connectivity index (χ0v) is 23.7. The Kier molecular flexibility index (Phi) is 24.3. The smallest absolute Gasteiger partial charge is 0.246 e. The molecule has 0 saturated carbocycles. The molecule has 1 atom stereocenters. The van der Waals surface area contributed by atoms with Gasteiger partial charge in [-0.15, -0.1) is 0 Å². The Morgan fingerprint density at radius 3 is 1.69 bits per heavy atom. The molecule has 0 heterocycles. The molecule has 0 aliphatic carbocycles. The number of halogens is 1. The summed E-state index contributed by atoms with van der Waals surface area (Å²) >= 11 is 1.98. The van der Waals surface area contributed by atoms with Crippen LogP contribution in [0, 0.1) is 0 Å². The molecule has 13 heteroatoms. The summed E-state index contributed by atoms with van der Waals surface area (Å²) in [5.41, 5.74) is 0. The monoisotopic (exact) mass is 630 g/mol. The van der Waals surface area contributed by atoms with E-state index in [0.717, 1.165) is 25.7 Å². The van der Waals surface area contributed by atoms with Crippen LogP contribution >= 0.6 is 22.9 Å². The van der Waals surface area contributed by atoms with Gasteiger partial charge in [0.2, 0.25) is 17.7 Å². The number of Topliss-reactive ketones (excluding diaryl/α,β-unsaturated/α-hetero) is 1. The highest BCUT2D eigenvalue weighted by Gasteiger charge is 2.11. The van der Waals surface area contributed by atoms with Gasteiger partial charge in [0.15, 0.2) is 0 Å². The van der Waals surface area contributed by atoms with Crippen molar-refractivity contribution in [1.82, 2.24) is 19.5 Å². The van der Waals surface area contributed by atoms with Crippen LogP contribution in [0.3, 0.4) is 0 Å². The Labute approximate surface area is 228 Å². The molecule has 12 nitrogen and oxygen atoms in total. The Morgan fingerprint density at radius 1 is 0.694 bits per heavy atom. The molecule has 0 aromatic rings. The van der Waals surface area contributed by atoms with E-state index in [1.807, 2.05) is 29.8 Å². The molecule has 4 N–H and O–H groups in total. The van der Waals surface area contributed by atoms with E-state index in [0.29, 0.717) is 52.5 Å². The topological polar surface area (TPSA) is 153 Å². The Balaban J connectivity index is 3.39. The fourth-order valence-corrected chi connectivity index (χ4v) is 3.50. The lowest BCUT2D eigenvalue weighted by atomic mass is 10.1. The Bertz CT molecular complexity index is 613. The van der Waals surface area contributed by atoms with E-state index in [2.05, 4.69) is 19.5 Å². The predicted molar refractivity (Wildman–Crippen MR) is 143 cm³/mol. The number of carbonyl (C=O) groups excluding carboxylic acids is 4. The summed E-state index contributed by atoms with van der Waals surface area (Å²) in [7, 11) is 0. The number of ether oxygens (including phenoxy) is 4. The van der Waals surface area contributed by atoms with Crippen LogP contribution in [0.2, 0.25) is 0 Å². The largest absolute Gasteiger partial charge is 0.377 e. The summed E-state index contributed by atoms with van der Waals surface area (Å²) in [4.78, 5) is 45.9. The standard InChI is InChI=1S/C23H43IN4O8/c1-3-6-21(30)26-9-11-33-13-16-36-18-23(32)27-10-12-34-14-15-35-17-22(31)25-8-5-4-7-20(28-24)19(2)29/h20,28H,3-18H2,1-2H3,(H,25,31)(H,26,30)(H,27,32)/t20-/m0/s1. The van der Waals surface area contributed by atoms with Gasteiger partial charge >= 0.3 is 0 Å². The third kappa shape index (κ3) is 23.0. The number of unbranched alkanes of at least 4 members (excludes halogenated alkanes) is 1. The number of carbonyl (C=O) groups is 4. The number of hydrogen-bond donors (Lipinski definition) is 4. The first kappa shape index (κ1) is 34.6. The van der Waals surface area contributed by atoms with Gasteiger partial charge in [-0.25, -0.2) is 0 Å². The van der Waals surface area contributed by atoms with Crippen LogP contribution in [0.5, 0.6) is 0 Å². The quantitative estimate of drug-likeness (QED) is 0.0633. The minimum absolute atomic E-state index is 0.0156. The predicted octanol–water partition coefficient (Wildman–Crippen LogP) is 0.269. The molecular formula is C23H43IN4O8. The number of nitrogens with one attached hydrogen (secondary N) is 4. The molecule has 0 saturated heterocycles. The number of rotatable bonds is 25. The molecule has 0 aromatic heterocycles. The fraction of sp³-hybridized carbons (Fsp3) is 0.826. The van der Waals surface area contributed by atoms with E-state index in [1.165, 1.54) is 0 Å². The van der Waals surface area contributed by atoms with Crippen LogP contribution < -0.4 is 19.5 Å². The SMILES string of the molecule is CCCC(=O)NCCOCCOCC(=O)NCCOCCOCC(=O)NCCCC[C@H](NI)C(C)=O. The summed E-state index contributed by atoms with van der Waals surface area (Å²) in [6, 6.07) is -0.139. The maximum Gasteiger partial charge on any atom is 0.246 e. The second kappa shape index (κ2) is 25.3. The van der Waals surface area contributed by atoms with Crippen molar-refractivity contribution in [2.24, 2.45) is 0 Å². The van der Waals surface area contributed by atoms with Crippen LogP contribution in [0.4, 0.5) is 0 Å². The molecule has 36 heavy (non-hydrogen) atoms. The number of ketones is 1. The van der Waals surface area contributed by atoms with Crippen molar-refractivity contribution >= 4 is 46.4 Å². The summed E-state index contributed by atoms with van der Waals surface area (Å²) in [6.45, 7) is 6.67. The third-order valence-corrected chi connectivity index (χ3v) is 5.44. The molecule has 0 fully saturated rings. The average Bonchev–Trinajstić information content (AvgIpc) is 2.84. The average molecular weight is 631 g/mol. The van der Waals surface area contributed by atoms with Crippen LogP contribution in [-0.2, 0) is 38.1 Å². The molecule has 0 aliphatic heterocycles. The van der Waals surface area contributed by atoms with Gasteiger partial charge < -0.3 is 34.9 Å². The maximum atomic E-state index is 11.7. The second-order valence-corrected chi connectivity index (χ2v) is 8.52. The normalized spacial score (nSPS) is 11.6. The summed E-state index contributed by atoms with van der Waals surface area (Å²) < 4.78 is 24.1. The maximum absolute atomic E-state index is 11.7. The van der Waals surface area contributed by atoms with Crippen molar-refractivity contribution in [1.29, 1.82) is 0 Å². The zero-order chi connectivity index (χ0) is 26.9. The van der Waals surface area contributed by atoms with Gasteiger partial charge in [0, 0.05) is 48.9 Å². The van der Waals surface area contributed by atoms with Crippen LogP contribution in [0.25, 0.3) is 0 Å². The van der Waals surface area contributed by atoms with Gasteiger partial charge in [-0.2, -0.15) is 0 Å². The molecule has 0 spiro atoms. The van der Waals surface area contributed by atoms with Gasteiger partial charge in [0.25, 0.3) is 0 Å². The minimum atomic E-state index is -0.249. The highest BCUT2D eigenvalue weighted by Crippen LogP contribution is 2.03. The van der Waals surface area contributed by atoms with Gasteiger partial charge in [-0.3, -0.25) is 22.7 Å². The molecule has 3 amide bonds. The van der Waals surface area contributed by atoms with E-state index in [4.69, 9.17) is 18.9 Å². The van der Waals surface area contributed by atoms with Crippen molar-refractivity contribution in [2.45, 2.75) is 52.0 Å². The molecule has 210 valence electrons. The first-order valence-electron chi connectivity index (χ1n) is 12.4. The highest BCUT2D eigenvalue weighted by atomic mass is 127. The summed E-state index contributed by atoms with van der Waals surface area (Å²) in [5.74, 6) is -0.315. The van der Waals surface area contributed by atoms with E-state index in [1.54, 1.807) is 6.92 Å². The van der Waals surface area contributed by atoms with Crippen LogP contribution in [0.15, 0.2) is 0 Å². The highest BCUT2D eigenvalue weighted by molar-refractivity contribution is 14.1. The fourth-order valence-electron chi connectivity index (χ4n) is 2.75. The number of amides is 3. The molecule has 0 bridgehead atoms. The van der Waals surface area contributed by atoms with E-state index < -0.39 is 0 Å². The molecule has 0 rings (SSSR count). The van der Waals surface area contributed by atoms with E-state index >= 15 is 0 Å². The van der Waals surface area contributed by atoms with Gasteiger partial charge in [-0.1, -0.05) is 6.92 Å². The van der Waals surface area contributed by atoms with Gasteiger partial charge in [-0.05, 0) is 32.6 Å². The lowest BCUT2D eigenvalue weighted by molar-refractivity contribution is -0.127. The van der Waals surface area contributed by atoms with Gasteiger partial charge in [0.05, 0.1) is 45.7 Å². The van der Waals surface area contributed by atoms with Crippen molar-refractivity contribution in [3.63, 3.8) is 0 Å². The van der Waals surface area contributed by atoms with Crippen molar-refractivity contribution in [2.75, 3.05) is 72.5 Å². The zero-order valence-electron chi connectivity index (χ0n) is 21.5. The first-order chi connectivity index (χ1) is 17.4. The minimum Gasteiger partial charge on any atom is -0.377 e. The van der Waals surface area contributed by atoms with Crippen molar-refractivity contribution < 1.29 is 38.1 Å². The second-order valence-electron chi connectivity index (χ2n) is 7.90. The van der Waals surface area contributed by atoms with Gasteiger partial charge in [0.1, 0.15) is 19.0 Å². The molecule has 0 aliphatic rings. The van der Waals surface area contributed by atoms with Crippen LogP contribution in [-0.4, -0.2) is 102 Å².